The highest BCUT2D eigenvalue weighted by atomic mass is 35.5. The quantitative estimate of drug-likeness (QED) is 0.861. The largest absolute Gasteiger partial charge is 0.376 e. The van der Waals surface area contributed by atoms with Crippen LogP contribution in [0.3, 0.4) is 0 Å². The molecule has 0 heterocycles. The van der Waals surface area contributed by atoms with Crippen LogP contribution >= 0.6 is 11.6 Å². The van der Waals surface area contributed by atoms with E-state index in [0.717, 1.165) is 11.3 Å². The summed E-state index contributed by atoms with van der Waals surface area (Å²) in [6.07, 6.45) is 0.311. The third kappa shape index (κ3) is 4.70. The maximum Gasteiger partial charge on any atom is 0.225 e. The molecule has 3 nitrogen and oxygen atoms in total. The number of nitrogens with zero attached hydrogens (tertiary/aromatic N) is 1. The Morgan fingerprint density at radius 2 is 1.87 bits per heavy atom. The normalized spacial score (nSPS) is 11.9. The van der Waals surface area contributed by atoms with Gasteiger partial charge < -0.3 is 10.2 Å². The number of rotatable bonds is 5. The van der Waals surface area contributed by atoms with Crippen LogP contribution in [0.1, 0.15) is 24.8 Å². The molecule has 0 saturated heterocycles. The Morgan fingerprint density at radius 3 is 2.48 bits per heavy atom. The maximum atomic E-state index is 13.0. The van der Waals surface area contributed by atoms with E-state index in [1.807, 2.05) is 32.0 Å². The Balaban J connectivity index is 2.07. The molecule has 0 spiro atoms. The van der Waals surface area contributed by atoms with E-state index >= 15 is 0 Å². The van der Waals surface area contributed by atoms with Crippen LogP contribution in [0.4, 0.5) is 15.8 Å². The summed E-state index contributed by atoms with van der Waals surface area (Å²) in [5, 5.41) is 3.47. The van der Waals surface area contributed by atoms with Gasteiger partial charge >= 0.3 is 0 Å². The summed E-state index contributed by atoms with van der Waals surface area (Å²) in [5.74, 6) is -0.385. The van der Waals surface area contributed by atoms with Crippen LogP contribution in [-0.2, 0) is 4.79 Å². The SMILES string of the molecule is CC(CC(=O)Nc1cc(Cl)ccc1N(C)C)c1ccc(F)cc1. The first-order valence-corrected chi connectivity index (χ1v) is 7.77. The second-order valence-electron chi connectivity index (χ2n) is 5.76. The topological polar surface area (TPSA) is 32.3 Å². The Bertz CT molecular complexity index is 686. The zero-order valence-corrected chi connectivity index (χ0v) is 14.2. The van der Waals surface area contributed by atoms with Gasteiger partial charge in [-0.05, 0) is 41.8 Å². The van der Waals surface area contributed by atoms with Crippen molar-refractivity contribution >= 4 is 28.9 Å². The average molecular weight is 335 g/mol. The summed E-state index contributed by atoms with van der Waals surface area (Å²) in [6, 6.07) is 11.6. The van der Waals surface area contributed by atoms with Gasteiger partial charge in [-0.3, -0.25) is 4.79 Å². The maximum absolute atomic E-state index is 13.0. The number of nitrogens with one attached hydrogen (secondary N) is 1. The van der Waals surface area contributed by atoms with Crippen molar-refractivity contribution in [2.75, 3.05) is 24.3 Å². The van der Waals surface area contributed by atoms with E-state index in [0.29, 0.717) is 17.1 Å². The molecule has 0 aliphatic rings. The van der Waals surface area contributed by atoms with Crippen molar-refractivity contribution in [1.29, 1.82) is 0 Å². The van der Waals surface area contributed by atoms with Crippen molar-refractivity contribution in [1.82, 2.24) is 0 Å². The molecule has 5 heteroatoms. The summed E-state index contributed by atoms with van der Waals surface area (Å²) in [6.45, 7) is 1.94. The van der Waals surface area contributed by atoms with E-state index in [1.165, 1.54) is 12.1 Å². The van der Waals surface area contributed by atoms with Crippen molar-refractivity contribution in [2.24, 2.45) is 0 Å². The Kier molecular flexibility index (Phi) is 5.61. The fraction of sp³-hybridized carbons (Fsp3) is 0.278. The lowest BCUT2D eigenvalue weighted by Crippen LogP contribution is -2.18. The van der Waals surface area contributed by atoms with Crippen LogP contribution in [-0.4, -0.2) is 20.0 Å². The van der Waals surface area contributed by atoms with Gasteiger partial charge in [0.2, 0.25) is 5.91 Å². The summed E-state index contributed by atoms with van der Waals surface area (Å²) in [7, 11) is 3.81. The number of carbonyl (C=O) groups excluding carboxylic acids is 1. The highest BCUT2D eigenvalue weighted by Gasteiger charge is 2.14. The van der Waals surface area contributed by atoms with Gasteiger partial charge in [-0.1, -0.05) is 30.7 Å². The Morgan fingerprint density at radius 1 is 1.22 bits per heavy atom. The van der Waals surface area contributed by atoms with E-state index in [4.69, 9.17) is 11.6 Å². The van der Waals surface area contributed by atoms with Gasteiger partial charge in [0.15, 0.2) is 0 Å². The fourth-order valence-corrected chi connectivity index (χ4v) is 2.56. The number of carbonyl (C=O) groups is 1. The van der Waals surface area contributed by atoms with Gasteiger partial charge in [0.05, 0.1) is 11.4 Å². The van der Waals surface area contributed by atoms with Crippen LogP contribution < -0.4 is 10.2 Å². The van der Waals surface area contributed by atoms with Crippen molar-refractivity contribution < 1.29 is 9.18 Å². The molecule has 0 aliphatic carbocycles. The minimum absolute atomic E-state index is 0.00223. The molecule has 0 radical (unpaired) electrons. The lowest BCUT2D eigenvalue weighted by atomic mass is 9.97. The predicted molar refractivity (Wildman–Crippen MR) is 93.8 cm³/mol. The molecule has 2 rings (SSSR count). The summed E-state index contributed by atoms with van der Waals surface area (Å²) >= 11 is 6.02. The molecule has 1 atom stereocenters. The van der Waals surface area contributed by atoms with Crippen LogP contribution in [0.2, 0.25) is 5.02 Å². The molecular weight excluding hydrogens is 315 g/mol. The van der Waals surface area contributed by atoms with Crippen LogP contribution in [0.5, 0.6) is 0 Å². The molecule has 2 aromatic carbocycles. The number of hydrogen-bond donors (Lipinski definition) is 1. The van der Waals surface area contributed by atoms with E-state index < -0.39 is 0 Å². The fourth-order valence-electron chi connectivity index (χ4n) is 2.39. The van der Waals surface area contributed by atoms with Crippen LogP contribution in [0.15, 0.2) is 42.5 Å². The van der Waals surface area contributed by atoms with E-state index in [2.05, 4.69) is 5.32 Å². The minimum atomic E-state index is -0.278. The number of halogens is 2. The Labute approximate surface area is 141 Å². The number of hydrogen-bond acceptors (Lipinski definition) is 2. The second kappa shape index (κ2) is 7.47. The first kappa shape index (κ1) is 17.3. The van der Waals surface area contributed by atoms with E-state index in [9.17, 15) is 9.18 Å². The number of benzene rings is 2. The van der Waals surface area contributed by atoms with Crippen molar-refractivity contribution in [3.05, 3.63) is 58.9 Å². The zero-order valence-electron chi connectivity index (χ0n) is 13.4. The van der Waals surface area contributed by atoms with Crippen LogP contribution in [0.25, 0.3) is 0 Å². The van der Waals surface area contributed by atoms with Gasteiger partial charge in [0.1, 0.15) is 5.82 Å². The third-order valence-corrected chi connectivity index (χ3v) is 3.88. The van der Waals surface area contributed by atoms with Gasteiger partial charge in [-0.2, -0.15) is 0 Å². The molecule has 1 unspecified atom stereocenters. The molecular formula is C18H20ClFN2O. The monoisotopic (exact) mass is 334 g/mol. The predicted octanol–water partition coefficient (Wildman–Crippen LogP) is 4.68. The highest BCUT2D eigenvalue weighted by Crippen LogP contribution is 2.28. The molecule has 0 bridgehead atoms. The van der Waals surface area contributed by atoms with Gasteiger partial charge in [0, 0.05) is 25.5 Å². The Hall–Kier alpha value is -2.07. The van der Waals surface area contributed by atoms with Crippen molar-refractivity contribution in [3.8, 4) is 0 Å². The molecule has 1 amide bonds. The van der Waals surface area contributed by atoms with E-state index in [-0.39, 0.29) is 17.6 Å². The first-order chi connectivity index (χ1) is 10.9. The highest BCUT2D eigenvalue weighted by molar-refractivity contribution is 6.31. The van der Waals surface area contributed by atoms with Crippen molar-refractivity contribution in [2.45, 2.75) is 19.3 Å². The van der Waals surface area contributed by atoms with Crippen molar-refractivity contribution in [3.63, 3.8) is 0 Å². The summed E-state index contributed by atoms with van der Waals surface area (Å²) < 4.78 is 13.0. The summed E-state index contributed by atoms with van der Waals surface area (Å²) in [5.41, 5.74) is 2.50. The second-order valence-corrected chi connectivity index (χ2v) is 6.20. The van der Waals surface area contributed by atoms with Gasteiger partial charge in [-0.15, -0.1) is 0 Å². The van der Waals surface area contributed by atoms with Gasteiger partial charge in [0.25, 0.3) is 0 Å². The van der Waals surface area contributed by atoms with Crippen LogP contribution in [0, 0.1) is 5.82 Å². The average Bonchev–Trinajstić information content (AvgIpc) is 2.47. The third-order valence-electron chi connectivity index (χ3n) is 3.65. The lowest BCUT2D eigenvalue weighted by molar-refractivity contribution is -0.116. The van der Waals surface area contributed by atoms with Gasteiger partial charge in [-0.25, -0.2) is 4.39 Å². The molecule has 0 saturated carbocycles. The first-order valence-electron chi connectivity index (χ1n) is 7.39. The molecule has 1 N–H and O–H groups in total. The molecule has 2 aromatic rings. The molecule has 122 valence electrons. The molecule has 0 aromatic heterocycles. The molecule has 23 heavy (non-hydrogen) atoms. The van der Waals surface area contributed by atoms with E-state index in [1.54, 1.807) is 24.3 Å². The number of amides is 1. The standard InChI is InChI=1S/C18H20ClFN2O/c1-12(13-4-7-15(20)8-5-13)10-18(23)21-16-11-14(19)6-9-17(16)22(2)3/h4-9,11-12H,10H2,1-3H3,(H,21,23). The minimum Gasteiger partial charge on any atom is -0.376 e. The lowest BCUT2D eigenvalue weighted by Gasteiger charge is -2.19. The number of anilines is 2. The smallest absolute Gasteiger partial charge is 0.225 e. The molecule has 0 aliphatic heterocycles. The zero-order chi connectivity index (χ0) is 17.0. The molecule has 0 fully saturated rings. The summed E-state index contributed by atoms with van der Waals surface area (Å²) in [4.78, 5) is 14.2.